The molecule has 0 bridgehead atoms. The van der Waals surface area contributed by atoms with Crippen LogP contribution in [0.25, 0.3) is 5.69 Å². The number of benzene rings is 2. The molecule has 0 radical (unpaired) electrons. The van der Waals surface area contributed by atoms with Crippen molar-refractivity contribution < 1.29 is 4.79 Å². The van der Waals surface area contributed by atoms with Crippen molar-refractivity contribution in [2.45, 2.75) is 12.1 Å². The van der Waals surface area contributed by atoms with E-state index in [9.17, 15) is 4.79 Å². The number of nitrogens with one attached hydrogen (secondary N) is 1. The van der Waals surface area contributed by atoms with Gasteiger partial charge in [0, 0.05) is 10.7 Å². The van der Waals surface area contributed by atoms with E-state index in [0.717, 1.165) is 11.5 Å². The van der Waals surface area contributed by atoms with Crippen molar-refractivity contribution in [3.8, 4) is 5.69 Å². The van der Waals surface area contributed by atoms with Crippen molar-refractivity contribution >= 4 is 46.6 Å². The van der Waals surface area contributed by atoms with Crippen LogP contribution in [0.4, 0.5) is 5.69 Å². The number of hydrogen-bond acceptors (Lipinski definition) is 4. The van der Waals surface area contributed by atoms with Crippen LogP contribution in [0.1, 0.15) is 5.82 Å². The molecule has 1 N–H and O–H groups in total. The number of nitrogens with zero attached hydrogens (tertiary/aromatic N) is 3. The largest absolute Gasteiger partial charge is 0.324 e. The molecule has 0 unspecified atom stereocenters. The van der Waals surface area contributed by atoms with Crippen molar-refractivity contribution in [1.29, 1.82) is 0 Å². The predicted octanol–water partition coefficient (Wildman–Crippen LogP) is 4.61. The number of rotatable bonds is 5. The third-order valence-corrected chi connectivity index (χ3v) is 4.82. The van der Waals surface area contributed by atoms with E-state index < -0.39 is 0 Å². The molecule has 25 heavy (non-hydrogen) atoms. The molecule has 5 nitrogen and oxygen atoms in total. The summed E-state index contributed by atoms with van der Waals surface area (Å²) in [4.78, 5) is 12.2. The molecule has 128 valence electrons. The fraction of sp³-hybridized carbons (Fsp3) is 0.118. The zero-order chi connectivity index (χ0) is 17.8. The molecule has 0 spiro atoms. The molecular formula is C17H14Cl2N4OS. The maximum absolute atomic E-state index is 12.2. The quantitative estimate of drug-likeness (QED) is 0.643. The van der Waals surface area contributed by atoms with Crippen LogP contribution in [0.15, 0.2) is 53.7 Å². The maximum Gasteiger partial charge on any atom is 0.234 e. The number of anilines is 1. The van der Waals surface area contributed by atoms with Crippen LogP contribution < -0.4 is 5.32 Å². The van der Waals surface area contributed by atoms with Crippen LogP contribution >= 0.6 is 35.0 Å². The van der Waals surface area contributed by atoms with Gasteiger partial charge in [0.05, 0.1) is 16.5 Å². The van der Waals surface area contributed by atoms with Gasteiger partial charge in [-0.1, -0.05) is 53.2 Å². The van der Waals surface area contributed by atoms with E-state index in [1.807, 2.05) is 41.8 Å². The third-order valence-electron chi connectivity index (χ3n) is 3.35. The third kappa shape index (κ3) is 4.34. The van der Waals surface area contributed by atoms with E-state index >= 15 is 0 Å². The summed E-state index contributed by atoms with van der Waals surface area (Å²) < 4.78 is 1.91. The second-order valence-corrected chi connectivity index (χ2v) is 6.95. The van der Waals surface area contributed by atoms with Gasteiger partial charge in [-0.05, 0) is 37.3 Å². The van der Waals surface area contributed by atoms with Crippen LogP contribution in [0.3, 0.4) is 0 Å². The zero-order valence-electron chi connectivity index (χ0n) is 13.2. The Hall–Kier alpha value is -2.02. The molecule has 1 aromatic heterocycles. The minimum Gasteiger partial charge on any atom is -0.324 e. The highest BCUT2D eigenvalue weighted by atomic mass is 35.5. The fourth-order valence-electron chi connectivity index (χ4n) is 2.22. The molecule has 8 heteroatoms. The van der Waals surface area contributed by atoms with Crippen LogP contribution in [-0.4, -0.2) is 26.4 Å². The molecule has 0 fully saturated rings. The van der Waals surface area contributed by atoms with E-state index in [-0.39, 0.29) is 11.7 Å². The van der Waals surface area contributed by atoms with Crippen molar-refractivity contribution in [2.75, 3.05) is 11.1 Å². The fourth-order valence-corrected chi connectivity index (χ4v) is 3.47. The lowest BCUT2D eigenvalue weighted by Crippen LogP contribution is -2.15. The second-order valence-electron chi connectivity index (χ2n) is 5.16. The van der Waals surface area contributed by atoms with Crippen LogP contribution in [-0.2, 0) is 4.79 Å². The Morgan fingerprint density at radius 1 is 1.16 bits per heavy atom. The monoisotopic (exact) mass is 392 g/mol. The molecule has 0 aliphatic heterocycles. The average Bonchev–Trinajstić information content (AvgIpc) is 2.97. The SMILES string of the molecule is Cc1nnc(SCC(=O)Nc2ccc(Cl)cc2Cl)n1-c1ccccc1. The van der Waals surface area contributed by atoms with E-state index in [1.54, 1.807) is 18.2 Å². The molecule has 0 saturated heterocycles. The minimum absolute atomic E-state index is 0.184. The molecule has 1 amide bonds. The summed E-state index contributed by atoms with van der Waals surface area (Å²) >= 11 is 13.2. The summed E-state index contributed by atoms with van der Waals surface area (Å²) in [7, 11) is 0. The Morgan fingerprint density at radius 2 is 1.92 bits per heavy atom. The molecule has 0 atom stereocenters. The smallest absolute Gasteiger partial charge is 0.234 e. The number of halogens is 2. The summed E-state index contributed by atoms with van der Waals surface area (Å²) in [6.07, 6.45) is 0. The summed E-state index contributed by atoms with van der Waals surface area (Å²) in [6.45, 7) is 1.87. The van der Waals surface area contributed by atoms with Crippen molar-refractivity contribution in [3.05, 3.63) is 64.4 Å². The number of carbonyl (C=O) groups excluding carboxylic acids is 1. The first kappa shape index (κ1) is 17.8. The van der Waals surface area contributed by atoms with Gasteiger partial charge in [0.1, 0.15) is 5.82 Å². The van der Waals surface area contributed by atoms with Gasteiger partial charge >= 0.3 is 0 Å². The predicted molar refractivity (Wildman–Crippen MR) is 102 cm³/mol. The Kier molecular flexibility index (Phi) is 5.63. The molecule has 1 heterocycles. The van der Waals surface area contributed by atoms with Gasteiger partial charge in [0.2, 0.25) is 5.91 Å². The van der Waals surface area contributed by atoms with E-state index in [0.29, 0.717) is 20.9 Å². The first-order valence-corrected chi connectivity index (χ1v) is 9.14. The number of para-hydroxylation sites is 1. The molecule has 2 aromatic carbocycles. The summed E-state index contributed by atoms with van der Waals surface area (Å²) in [5.41, 5.74) is 1.48. The van der Waals surface area contributed by atoms with Gasteiger partial charge in [-0.2, -0.15) is 0 Å². The second kappa shape index (κ2) is 7.91. The topological polar surface area (TPSA) is 59.8 Å². The molecule has 0 saturated carbocycles. The van der Waals surface area contributed by atoms with Gasteiger partial charge < -0.3 is 5.32 Å². The van der Waals surface area contributed by atoms with E-state index in [1.165, 1.54) is 11.8 Å². The molecule has 3 aromatic rings. The number of amides is 1. The zero-order valence-corrected chi connectivity index (χ0v) is 15.6. The Bertz CT molecular complexity index is 899. The van der Waals surface area contributed by atoms with Crippen LogP contribution in [0.2, 0.25) is 10.0 Å². The van der Waals surface area contributed by atoms with Crippen molar-refractivity contribution in [3.63, 3.8) is 0 Å². The van der Waals surface area contributed by atoms with Crippen molar-refractivity contribution in [2.24, 2.45) is 0 Å². The van der Waals surface area contributed by atoms with Gasteiger partial charge in [-0.15, -0.1) is 10.2 Å². The van der Waals surface area contributed by atoms with Crippen molar-refractivity contribution in [1.82, 2.24) is 14.8 Å². The highest BCUT2D eigenvalue weighted by Crippen LogP contribution is 2.26. The normalized spacial score (nSPS) is 10.7. The number of aromatic nitrogens is 3. The van der Waals surface area contributed by atoms with Crippen LogP contribution in [0.5, 0.6) is 0 Å². The Labute approximate surface area is 159 Å². The standard InChI is InChI=1S/C17H14Cl2N4OS/c1-11-21-22-17(23(11)13-5-3-2-4-6-13)25-10-16(24)20-15-8-7-12(18)9-14(15)19/h2-9H,10H2,1H3,(H,20,24). The molecule has 0 aliphatic rings. The number of aryl methyl sites for hydroxylation is 1. The van der Waals surface area contributed by atoms with Gasteiger partial charge in [-0.3, -0.25) is 9.36 Å². The lowest BCUT2D eigenvalue weighted by molar-refractivity contribution is -0.113. The molecule has 3 rings (SSSR count). The number of hydrogen-bond donors (Lipinski definition) is 1. The average molecular weight is 393 g/mol. The summed E-state index contributed by atoms with van der Waals surface area (Å²) in [5.74, 6) is 0.758. The lowest BCUT2D eigenvalue weighted by atomic mass is 10.3. The van der Waals surface area contributed by atoms with Gasteiger partial charge in [0.25, 0.3) is 0 Å². The van der Waals surface area contributed by atoms with E-state index in [4.69, 9.17) is 23.2 Å². The van der Waals surface area contributed by atoms with Crippen LogP contribution in [0, 0.1) is 6.92 Å². The Morgan fingerprint density at radius 3 is 2.64 bits per heavy atom. The first-order chi connectivity index (χ1) is 12.0. The number of carbonyl (C=O) groups is 1. The lowest BCUT2D eigenvalue weighted by Gasteiger charge is -2.09. The minimum atomic E-state index is -0.186. The highest BCUT2D eigenvalue weighted by molar-refractivity contribution is 7.99. The molecular weight excluding hydrogens is 379 g/mol. The van der Waals surface area contributed by atoms with Gasteiger partial charge in [0.15, 0.2) is 5.16 Å². The molecule has 0 aliphatic carbocycles. The summed E-state index contributed by atoms with van der Waals surface area (Å²) in [6, 6.07) is 14.7. The maximum atomic E-state index is 12.2. The summed E-state index contributed by atoms with van der Waals surface area (Å²) in [5, 5.41) is 12.6. The highest BCUT2D eigenvalue weighted by Gasteiger charge is 2.14. The Balaban J connectivity index is 1.69. The number of thioether (sulfide) groups is 1. The van der Waals surface area contributed by atoms with Gasteiger partial charge in [-0.25, -0.2) is 0 Å². The first-order valence-electron chi connectivity index (χ1n) is 7.40. The van der Waals surface area contributed by atoms with E-state index in [2.05, 4.69) is 15.5 Å².